The van der Waals surface area contributed by atoms with Crippen LogP contribution < -0.4 is 0 Å². The van der Waals surface area contributed by atoms with Gasteiger partial charge in [-0.1, -0.05) is 170 Å². The van der Waals surface area contributed by atoms with Crippen LogP contribution in [0.2, 0.25) is 0 Å². The van der Waals surface area contributed by atoms with E-state index in [9.17, 15) is 0 Å². The fourth-order valence-corrected chi connectivity index (χ4v) is 9.69. The van der Waals surface area contributed by atoms with Gasteiger partial charge < -0.3 is 4.57 Å². The Morgan fingerprint density at radius 3 is 1.29 bits per heavy atom. The summed E-state index contributed by atoms with van der Waals surface area (Å²) in [6.45, 7) is 0. The van der Waals surface area contributed by atoms with Gasteiger partial charge in [0.1, 0.15) is 0 Å². The predicted molar refractivity (Wildman–Crippen MR) is 259 cm³/mol. The van der Waals surface area contributed by atoms with Crippen LogP contribution in [0.4, 0.5) is 0 Å². The molecule has 0 fully saturated rings. The van der Waals surface area contributed by atoms with Crippen molar-refractivity contribution in [3.8, 4) is 51.0 Å². The first-order valence-corrected chi connectivity index (χ1v) is 21.3. The molecule has 0 amide bonds. The van der Waals surface area contributed by atoms with Gasteiger partial charge in [-0.2, -0.15) is 0 Å². The van der Waals surface area contributed by atoms with Crippen LogP contribution in [-0.2, 0) is 0 Å². The molecule has 0 saturated carbocycles. The second kappa shape index (κ2) is 14.0. The quantitative estimate of drug-likeness (QED) is 0.168. The molecule has 63 heavy (non-hydrogen) atoms. The monoisotopic (exact) mass is 804 g/mol. The molecule has 6 nitrogen and oxygen atoms in total. The highest BCUT2D eigenvalue weighted by Gasteiger charge is 2.23. The van der Waals surface area contributed by atoms with Crippen molar-refractivity contribution in [3.63, 3.8) is 0 Å². The third kappa shape index (κ3) is 5.48. The van der Waals surface area contributed by atoms with Crippen molar-refractivity contribution in [1.82, 2.24) is 28.9 Å². The van der Waals surface area contributed by atoms with Gasteiger partial charge in [0, 0.05) is 54.7 Å². The molecule has 9 aromatic carbocycles. The maximum Gasteiger partial charge on any atom is 0.164 e. The number of rotatable bonds is 6. The molecule has 0 aliphatic rings. The van der Waals surface area contributed by atoms with E-state index < -0.39 is 0 Å². The molecular weight excluding hydrogens is 769 g/mol. The smallest absolute Gasteiger partial charge is 0.164 e. The van der Waals surface area contributed by atoms with Crippen molar-refractivity contribution < 1.29 is 0 Å². The van der Waals surface area contributed by atoms with Crippen molar-refractivity contribution in [2.24, 2.45) is 0 Å². The molecule has 4 heterocycles. The van der Waals surface area contributed by atoms with Crippen LogP contribution >= 0.6 is 0 Å². The first-order valence-electron chi connectivity index (χ1n) is 21.3. The van der Waals surface area contributed by atoms with Crippen molar-refractivity contribution >= 4 is 65.4 Å². The first-order chi connectivity index (χ1) is 31.3. The van der Waals surface area contributed by atoms with E-state index in [0.717, 1.165) is 50.0 Å². The van der Waals surface area contributed by atoms with Crippen molar-refractivity contribution in [2.45, 2.75) is 0 Å². The van der Waals surface area contributed by atoms with Crippen molar-refractivity contribution in [1.29, 1.82) is 0 Å². The lowest BCUT2D eigenvalue weighted by Crippen LogP contribution is -2.08. The van der Waals surface area contributed by atoms with Crippen LogP contribution in [0.15, 0.2) is 218 Å². The van der Waals surface area contributed by atoms with Gasteiger partial charge in [-0.25, -0.2) is 24.3 Å². The molecule has 0 bridgehead atoms. The molecular formula is C57H36N6. The topological polar surface area (TPSA) is 53.5 Å². The Labute approximate surface area is 362 Å². The van der Waals surface area contributed by atoms with E-state index in [4.69, 9.17) is 15.0 Å². The third-order valence-corrected chi connectivity index (χ3v) is 12.5. The van der Waals surface area contributed by atoms with E-state index in [1.165, 1.54) is 48.9 Å². The van der Waals surface area contributed by atoms with Crippen LogP contribution in [0.3, 0.4) is 0 Å². The van der Waals surface area contributed by atoms with E-state index in [1.807, 2.05) is 24.3 Å². The van der Waals surface area contributed by atoms with Crippen molar-refractivity contribution in [2.75, 3.05) is 0 Å². The summed E-state index contributed by atoms with van der Waals surface area (Å²) in [7, 11) is 0. The van der Waals surface area contributed by atoms with Crippen LogP contribution in [-0.4, -0.2) is 28.9 Å². The van der Waals surface area contributed by atoms with Gasteiger partial charge in [0.15, 0.2) is 17.5 Å². The van der Waals surface area contributed by atoms with Gasteiger partial charge in [-0.3, -0.25) is 0 Å². The maximum absolute atomic E-state index is 5.16. The fraction of sp³-hybridized carbons (Fsp3) is 0. The Balaban J connectivity index is 1.01. The third-order valence-electron chi connectivity index (χ3n) is 12.5. The largest absolute Gasteiger partial charge is 0.309 e. The number of para-hydroxylation sites is 4. The standard InChI is InChI=1S/C57H36N6/c1-3-16-37(17-4-1)38-30-32-40(33-31-38)56-58-55(39-18-5-2-6-19-39)59-57(60-56)41-20-15-21-42(36-41)61-47-26-11-9-24-45(47)53-51(61)34-35-52-54(53)46-25-10-14-29-50(46)63(52)62-48-27-12-7-22-43(48)44-23-8-13-28-49(44)62/h1-36H. The van der Waals surface area contributed by atoms with Gasteiger partial charge in [0.05, 0.1) is 33.1 Å². The minimum atomic E-state index is 0.616. The van der Waals surface area contributed by atoms with Gasteiger partial charge in [0.25, 0.3) is 0 Å². The molecule has 13 rings (SSSR count). The molecule has 0 atom stereocenters. The number of aromatic nitrogens is 6. The summed E-state index contributed by atoms with van der Waals surface area (Å²) in [5.41, 5.74) is 13.0. The number of hydrogen-bond donors (Lipinski definition) is 0. The second-order valence-electron chi connectivity index (χ2n) is 16.0. The zero-order valence-electron chi connectivity index (χ0n) is 34.0. The number of benzene rings is 9. The predicted octanol–water partition coefficient (Wildman–Crippen LogP) is 14.2. The highest BCUT2D eigenvalue weighted by atomic mass is 15.5. The Bertz CT molecular complexity index is 3840. The molecule has 0 unspecified atom stereocenters. The van der Waals surface area contributed by atoms with E-state index in [1.54, 1.807) is 0 Å². The minimum Gasteiger partial charge on any atom is -0.309 e. The van der Waals surface area contributed by atoms with E-state index in [-0.39, 0.29) is 0 Å². The fourth-order valence-electron chi connectivity index (χ4n) is 9.69. The minimum absolute atomic E-state index is 0.616. The maximum atomic E-state index is 5.16. The molecule has 294 valence electrons. The lowest BCUT2D eigenvalue weighted by Gasteiger charge is -2.13. The van der Waals surface area contributed by atoms with Crippen LogP contribution in [0.5, 0.6) is 0 Å². The first kappa shape index (κ1) is 35.2. The lowest BCUT2D eigenvalue weighted by atomic mass is 10.0. The summed E-state index contributed by atoms with van der Waals surface area (Å²) in [4.78, 5) is 15.3. The van der Waals surface area contributed by atoms with E-state index in [0.29, 0.717) is 17.5 Å². The molecule has 0 radical (unpaired) electrons. The Hall–Kier alpha value is -8.61. The molecule has 13 aromatic rings. The van der Waals surface area contributed by atoms with Crippen LogP contribution in [0.1, 0.15) is 0 Å². The Morgan fingerprint density at radius 2 is 0.651 bits per heavy atom. The second-order valence-corrected chi connectivity index (χ2v) is 16.0. The van der Waals surface area contributed by atoms with Crippen molar-refractivity contribution in [3.05, 3.63) is 218 Å². The summed E-state index contributed by atoms with van der Waals surface area (Å²) in [5, 5.41) is 7.32. The molecule has 0 aliphatic carbocycles. The molecule has 0 spiro atoms. The summed E-state index contributed by atoms with van der Waals surface area (Å²) in [5.74, 6) is 1.88. The highest BCUT2D eigenvalue weighted by molar-refractivity contribution is 6.28. The zero-order chi connectivity index (χ0) is 41.4. The molecule has 0 saturated heterocycles. The van der Waals surface area contributed by atoms with Crippen LogP contribution in [0.25, 0.3) is 116 Å². The summed E-state index contributed by atoms with van der Waals surface area (Å²) < 4.78 is 7.20. The number of hydrogen-bond acceptors (Lipinski definition) is 3. The van der Waals surface area contributed by atoms with Gasteiger partial charge in [0.2, 0.25) is 0 Å². The molecule has 0 N–H and O–H groups in total. The Kier molecular flexibility index (Phi) is 7.80. The molecule has 0 aliphatic heterocycles. The molecule has 6 heteroatoms. The number of nitrogens with zero attached hydrogens (tertiary/aromatic N) is 6. The van der Waals surface area contributed by atoms with Gasteiger partial charge >= 0.3 is 0 Å². The number of fused-ring (bicyclic) bond motifs is 10. The van der Waals surface area contributed by atoms with Crippen LogP contribution in [0, 0.1) is 0 Å². The average Bonchev–Trinajstić information content (AvgIpc) is 4.00. The average molecular weight is 805 g/mol. The van der Waals surface area contributed by atoms with E-state index >= 15 is 0 Å². The summed E-state index contributed by atoms with van der Waals surface area (Å²) in [6.07, 6.45) is 0. The highest BCUT2D eigenvalue weighted by Crippen LogP contribution is 2.43. The van der Waals surface area contributed by atoms with Gasteiger partial charge in [-0.15, -0.1) is 0 Å². The Morgan fingerprint density at radius 1 is 0.254 bits per heavy atom. The zero-order valence-corrected chi connectivity index (χ0v) is 34.0. The molecule has 4 aromatic heterocycles. The normalized spacial score (nSPS) is 11.8. The lowest BCUT2D eigenvalue weighted by molar-refractivity contribution is 0.775. The summed E-state index contributed by atoms with van der Waals surface area (Å²) in [6, 6.07) is 77.3. The van der Waals surface area contributed by atoms with E-state index in [2.05, 4.69) is 208 Å². The SMILES string of the molecule is c1ccc(-c2ccc(-c3nc(-c4ccccc4)nc(-c4cccc(-n5c6ccccc6c6c7c8ccccc8n(-n8c9ccccc9c9ccccc98)c7ccc65)c4)n3)cc2)cc1. The van der Waals surface area contributed by atoms with Gasteiger partial charge in [-0.05, 0) is 59.7 Å². The summed E-state index contributed by atoms with van der Waals surface area (Å²) >= 11 is 0.